The van der Waals surface area contributed by atoms with Crippen molar-refractivity contribution in [2.75, 3.05) is 11.1 Å². The molecule has 0 aromatic heterocycles. The maximum atomic E-state index is 6.15. The van der Waals surface area contributed by atoms with E-state index >= 15 is 0 Å². The zero-order chi connectivity index (χ0) is 15.2. The predicted molar refractivity (Wildman–Crippen MR) is 91.8 cm³/mol. The fourth-order valence-corrected chi connectivity index (χ4v) is 2.42. The van der Waals surface area contributed by atoms with Crippen LogP contribution in [0.5, 0.6) is 0 Å². The minimum atomic E-state index is 0.640. The SMILES string of the molecule is CCc1cccc(CC)c1N/C=C(\N)c1ccccc1N. The molecule has 2 rings (SSSR count). The lowest BCUT2D eigenvalue weighted by molar-refractivity contribution is 1.09. The summed E-state index contributed by atoms with van der Waals surface area (Å²) in [5.41, 5.74) is 18.0. The first kappa shape index (κ1) is 15.0. The van der Waals surface area contributed by atoms with E-state index in [0.717, 1.165) is 24.1 Å². The lowest BCUT2D eigenvalue weighted by Crippen LogP contribution is -2.05. The van der Waals surface area contributed by atoms with E-state index in [2.05, 4.69) is 37.4 Å². The van der Waals surface area contributed by atoms with E-state index in [0.29, 0.717) is 11.4 Å². The molecule has 0 fully saturated rings. The van der Waals surface area contributed by atoms with Crippen LogP contribution in [0.15, 0.2) is 48.7 Å². The Balaban J connectivity index is 2.31. The molecule has 3 nitrogen and oxygen atoms in total. The van der Waals surface area contributed by atoms with Gasteiger partial charge in [0, 0.05) is 23.1 Å². The van der Waals surface area contributed by atoms with Crippen LogP contribution in [0.25, 0.3) is 5.70 Å². The van der Waals surface area contributed by atoms with Crippen molar-refractivity contribution in [1.82, 2.24) is 0 Å². The average Bonchev–Trinajstić information content (AvgIpc) is 2.52. The van der Waals surface area contributed by atoms with Crippen LogP contribution in [-0.2, 0) is 12.8 Å². The Hall–Kier alpha value is -2.42. The second-order valence-electron chi connectivity index (χ2n) is 4.99. The van der Waals surface area contributed by atoms with Crippen molar-refractivity contribution in [3.8, 4) is 0 Å². The summed E-state index contributed by atoms with van der Waals surface area (Å²) in [6.45, 7) is 4.31. The molecule has 0 aliphatic heterocycles. The van der Waals surface area contributed by atoms with Gasteiger partial charge in [-0.2, -0.15) is 0 Å². The van der Waals surface area contributed by atoms with Crippen molar-refractivity contribution >= 4 is 17.1 Å². The molecule has 2 aromatic carbocycles. The van der Waals surface area contributed by atoms with Gasteiger partial charge in [0.05, 0.1) is 5.70 Å². The number of aryl methyl sites for hydroxylation is 2. The molecule has 0 heterocycles. The summed E-state index contributed by atoms with van der Waals surface area (Å²) < 4.78 is 0. The number of nitrogens with two attached hydrogens (primary N) is 2. The number of anilines is 2. The summed E-state index contributed by atoms with van der Waals surface area (Å²) in [6, 6.07) is 14.0. The highest BCUT2D eigenvalue weighted by Gasteiger charge is 2.06. The number of para-hydroxylation sites is 2. The van der Waals surface area contributed by atoms with E-state index < -0.39 is 0 Å². The third kappa shape index (κ3) is 3.37. The van der Waals surface area contributed by atoms with Crippen LogP contribution in [0.4, 0.5) is 11.4 Å². The Morgan fingerprint density at radius 3 is 2.19 bits per heavy atom. The number of hydrogen-bond donors (Lipinski definition) is 3. The van der Waals surface area contributed by atoms with Crippen LogP contribution in [-0.4, -0.2) is 0 Å². The Morgan fingerprint density at radius 2 is 1.62 bits per heavy atom. The van der Waals surface area contributed by atoms with Gasteiger partial charge >= 0.3 is 0 Å². The summed E-state index contributed by atoms with van der Waals surface area (Å²) in [4.78, 5) is 0. The van der Waals surface area contributed by atoms with Gasteiger partial charge in [0.1, 0.15) is 0 Å². The monoisotopic (exact) mass is 281 g/mol. The van der Waals surface area contributed by atoms with Gasteiger partial charge in [-0.3, -0.25) is 0 Å². The first-order valence-corrected chi connectivity index (χ1v) is 7.35. The Labute approximate surface area is 126 Å². The molecule has 0 saturated carbocycles. The first-order chi connectivity index (χ1) is 10.2. The van der Waals surface area contributed by atoms with Gasteiger partial charge < -0.3 is 16.8 Å². The second-order valence-corrected chi connectivity index (χ2v) is 4.99. The van der Waals surface area contributed by atoms with Crippen LogP contribution in [0, 0.1) is 0 Å². The number of nitrogens with one attached hydrogen (secondary N) is 1. The molecule has 0 aliphatic rings. The van der Waals surface area contributed by atoms with Crippen molar-refractivity contribution < 1.29 is 0 Å². The zero-order valence-electron chi connectivity index (χ0n) is 12.7. The van der Waals surface area contributed by atoms with Crippen LogP contribution in [0.1, 0.15) is 30.5 Å². The first-order valence-electron chi connectivity index (χ1n) is 7.35. The molecule has 2 aromatic rings. The van der Waals surface area contributed by atoms with Gasteiger partial charge in [0.15, 0.2) is 0 Å². The predicted octanol–water partition coefficient (Wildman–Crippen LogP) is 3.76. The van der Waals surface area contributed by atoms with E-state index in [-0.39, 0.29) is 0 Å². The van der Waals surface area contributed by atoms with E-state index in [9.17, 15) is 0 Å². The number of nitrogen functional groups attached to an aromatic ring is 1. The Morgan fingerprint density at radius 1 is 1.00 bits per heavy atom. The topological polar surface area (TPSA) is 64.1 Å². The molecule has 0 saturated heterocycles. The second kappa shape index (κ2) is 6.84. The maximum Gasteiger partial charge on any atom is 0.0571 e. The molecule has 0 aliphatic carbocycles. The summed E-state index contributed by atoms with van der Waals surface area (Å²) in [5.74, 6) is 0. The minimum Gasteiger partial charge on any atom is -0.398 e. The molecule has 0 unspecified atom stereocenters. The fourth-order valence-electron chi connectivity index (χ4n) is 2.42. The van der Waals surface area contributed by atoms with E-state index in [4.69, 9.17) is 11.5 Å². The quantitative estimate of drug-likeness (QED) is 0.731. The van der Waals surface area contributed by atoms with Gasteiger partial charge in [-0.25, -0.2) is 0 Å². The molecule has 0 atom stereocenters. The molecular weight excluding hydrogens is 258 g/mol. The number of rotatable bonds is 5. The van der Waals surface area contributed by atoms with Crippen molar-refractivity contribution in [1.29, 1.82) is 0 Å². The third-order valence-electron chi connectivity index (χ3n) is 3.64. The van der Waals surface area contributed by atoms with Gasteiger partial charge in [0.2, 0.25) is 0 Å². The van der Waals surface area contributed by atoms with Crippen molar-refractivity contribution in [3.05, 3.63) is 65.4 Å². The highest BCUT2D eigenvalue weighted by molar-refractivity contribution is 5.75. The Kier molecular flexibility index (Phi) is 4.88. The van der Waals surface area contributed by atoms with Gasteiger partial charge in [0.25, 0.3) is 0 Å². The summed E-state index contributed by atoms with van der Waals surface area (Å²) in [7, 11) is 0. The standard InChI is InChI=1S/C18H23N3/c1-3-13-8-7-9-14(4-2)18(13)21-12-17(20)15-10-5-6-11-16(15)19/h5-12,21H,3-4,19-20H2,1-2H3/b17-12-. The summed E-state index contributed by atoms with van der Waals surface area (Å²) >= 11 is 0. The van der Waals surface area contributed by atoms with Crippen LogP contribution in [0.3, 0.4) is 0 Å². The number of hydrogen-bond acceptors (Lipinski definition) is 3. The molecule has 0 spiro atoms. The van der Waals surface area contributed by atoms with Crippen molar-refractivity contribution in [2.24, 2.45) is 5.73 Å². The molecule has 21 heavy (non-hydrogen) atoms. The summed E-state index contributed by atoms with van der Waals surface area (Å²) in [5, 5.41) is 3.37. The smallest absolute Gasteiger partial charge is 0.0571 e. The zero-order valence-corrected chi connectivity index (χ0v) is 12.7. The Bertz CT molecular complexity index is 622. The normalized spacial score (nSPS) is 11.4. The lowest BCUT2D eigenvalue weighted by atomic mass is 10.0. The largest absolute Gasteiger partial charge is 0.398 e. The van der Waals surface area contributed by atoms with Gasteiger partial charge in [-0.15, -0.1) is 0 Å². The lowest BCUT2D eigenvalue weighted by Gasteiger charge is -2.14. The van der Waals surface area contributed by atoms with E-state index in [1.807, 2.05) is 30.5 Å². The molecule has 110 valence electrons. The average molecular weight is 281 g/mol. The summed E-state index contributed by atoms with van der Waals surface area (Å²) in [6.07, 6.45) is 3.80. The highest BCUT2D eigenvalue weighted by Crippen LogP contribution is 2.24. The molecule has 3 heteroatoms. The number of benzene rings is 2. The molecular formula is C18H23N3. The van der Waals surface area contributed by atoms with E-state index in [1.165, 1.54) is 11.1 Å². The fraction of sp³-hybridized carbons (Fsp3) is 0.222. The minimum absolute atomic E-state index is 0.640. The van der Waals surface area contributed by atoms with E-state index in [1.54, 1.807) is 0 Å². The van der Waals surface area contributed by atoms with Gasteiger partial charge in [-0.1, -0.05) is 50.2 Å². The van der Waals surface area contributed by atoms with Crippen molar-refractivity contribution in [3.63, 3.8) is 0 Å². The van der Waals surface area contributed by atoms with Crippen molar-refractivity contribution in [2.45, 2.75) is 26.7 Å². The molecule has 0 radical (unpaired) electrons. The molecule has 0 bridgehead atoms. The third-order valence-corrected chi connectivity index (χ3v) is 3.64. The van der Waals surface area contributed by atoms with Crippen LogP contribution >= 0.6 is 0 Å². The highest BCUT2D eigenvalue weighted by atomic mass is 14.9. The molecule has 0 amide bonds. The molecule has 5 N–H and O–H groups in total. The van der Waals surface area contributed by atoms with Crippen LogP contribution < -0.4 is 16.8 Å². The van der Waals surface area contributed by atoms with Crippen LogP contribution in [0.2, 0.25) is 0 Å². The maximum absolute atomic E-state index is 6.15. The van der Waals surface area contributed by atoms with Gasteiger partial charge in [-0.05, 0) is 30.0 Å².